The standard InChI is InChI=1S/C9H12N2O3.C6H2Cl2O3.C6H4O5.C2H2.2CH4.FH/c1-6(12)7-3-4-8(14-7)9(13)11-5-10-2;7-5(9)3-1-2-4(11-3)6(8)10;7-5(8)3-1-2-4(11-3)6(9)10;1-2;;;/h3-4,10H,5H2,1-2H3,(H,11,13);1-2H;1-2H,(H,7,8)(H,9,10);1-2H;2*1H4;1H/i/hD. The number of hydrogen-bond acceptors (Lipinski definition) is 10. The molecule has 0 aliphatic carbocycles. The summed E-state index contributed by atoms with van der Waals surface area (Å²) >= 11 is 10.1. The van der Waals surface area contributed by atoms with Crippen LogP contribution in [0.2, 0.25) is 0 Å². The SMILES string of the molecule is C.C.C#C.CNCNC(=O)c1ccc(C(C)=O)o1.O=C(Cl)c1ccc(C(=O)Cl)o1.O=C(O)c1ccc(C(=O)O)o1.[2H]F. The monoisotopic (exact) mass is 623 g/mol. The summed E-state index contributed by atoms with van der Waals surface area (Å²) in [6, 6.07) is 7.70. The zero-order valence-corrected chi connectivity index (χ0v) is 21.5. The van der Waals surface area contributed by atoms with Gasteiger partial charge in [-0.15, -0.1) is 12.8 Å². The molecule has 0 bridgehead atoms. The fourth-order valence-corrected chi connectivity index (χ4v) is 2.22. The minimum atomic E-state index is -1.28. The number of aromatic carboxylic acids is 2. The Hall–Kier alpha value is -4.71. The third-order valence-electron chi connectivity index (χ3n) is 3.62. The molecule has 3 heterocycles. The van der Waals surface area contributed by atoms with Crippen LogP contribution in [0.25, 0.3) is 0 Å². The molecule has 0 aromatic carbocycles. The van der Waals surface area contributed by atoms with Crippen molar-refractivity contribution < 1.29 is 56.9 Å². The van der Waals surface area contributed by atoms with E-state index in [0.29, 0.717) is 6.67 Å². The Bertz CT molecular complexity index is 1200. The van der Waals surface area contributed by atoms with Gasteiger partial charge in [-0.3, -0.25) is 23.9 Å². The fraction of sp³-hybridized carbons (Fsp3) is 0.200. The number of furan rings is 3. The van der Waals surface area contributed by atoms with Gasteiger partial charge in [-0.25, -0.2) is 9.59 Å². The molecule has 3 aromatic rings. The lowest BCUT2D eigenvalue weighted by molar-refractivity contribution is 0.0630. The van der Waals surface area contributed by atoms with E-state index in [-0.39, 0.29) is 61.1 Å². The molecule has 0 radical (unpaired) electrons. The number of hydrogen-bond donors (Lipinski definition) is 4. The van der Waals surface area contributed by atoms with Gasteiger partial charge in [0.2, 0.25) is 11.5 Å². The maximum Gasteiger partial charge on any atom is 0.371 e. The van der Waals surface area contributed by atoms with E-state index in [2.05, 4.69) is 33.8 Å². The van der Waals surface area contributed by atoms with Crippen molar-refractivity contribution in [3.8, 4) is 12.8 Å². The zero-order chi connectivity index (χ0) is 31.4. The minimum Gasteiger partial charge on any atom is -0.475 e. The van der Waals surface area contributed by atoms with E-state index in [1.807, 2.05) is 0 Å². The van der Waals surface area contributed by atoms with Gasteiger partial charge in [-0.05, 0) is 66.6 Å². The highest BCUT2D eigenvalue weighted by molar-refractivity contribution is 6.68. The molecule has 0 unspecified atom stereocenters. The number of carbonyl (C=O) groups is 6. The first-order valence-corrected chi connectivity index (χ1v) is 10.6. The van der Waals surface area contributed by atoms with Gasteiger partial charge in [0.15, 0.2) is 28.8 Å². The highest BCUT2D eigenvalue weighted by Crippen LogP contribution is 2.12. The third-order valence-corrected chi connectivity index (χ3v) is 4.00. The van der Waals surface area contributed by atoms with E-state index in [1.165, 1.54) is 31.2 Å². The highest BCUT2D eigenvalue weighted by atomic mass is 35.5. The van der Waals surface area contributed by atoms with Crippen molar-refractivity contribution in [2.75, 3.05) is 13.7 Å². The maximum absolute atomic E-state index is 11.3. The maximum atomic E-state index is 11.3. The molecule has 0 fully saturated rings. The lowest BCUT2D eigenvalue weighted by Crippen LogP contribution is -2.31. The van der Waals surface area contributed by atoms with Crippen LogP contribution < -0.4 is 10.6 Å². The quantitative estimate of drug-likeness (QED) is 0.116. The number of amides is 1. The van der Waals surface area contributed by atoms with Crippen LogP contribution in [-0.4, -0.2) is 59.5 Å². The van der Waals surface area contributed by atoms with Gasteiger partial charge in [0, 0.05) is 6.92 Å². The Morgan fingerprint density at radius 3 is 1.34 bits per heavy atom. The number of ketones is 1. The number of carboxylic acids is 2. The van der Waals surface area contributed by atoms with E-state index in [1.54, 1.807) is 7.05 Å². The van der Waals surface area contributed by atoms with Crippen molar-refractivity contribution in [3.05, 3.63) is 71.0 Å². The molecule has 0 aliphatic heterocycles. The first-order valence-electron chi connectivity index (χ1n) is 10.2. The Labute approximate surface area is 245 Å². The first-order chi connectivity index (χ1) is 18.9. The van der Waals surface area contributed by atoms with Crippen molar-refractivity contribution in [2.45, 2.75) is 21.8 Å². The summed E-state index contributed by atoms with van der Waals surface area (Å²) < 4.78 is 27.1. The largest absolute Gasteiger partial charge is 0.475 e. The smallest absolute Gasteiger partial charge is 0.371 e. The van der Waals surface area contributed by atoms with Crippen LogP contribution in [0.3, 0.4) is 0 Å². The van der Waals surface area contributed by atoms with Crippen LogP contribution in [0.1, 0.15) is 85.1 Å². The predicted octanol–water partition coefficient (Wildman–Crippen LogP) is 4.78. The van der Waals surface area contributed by atoms with Crippen LogP contribution in [0.15, 0.2) is 49.6 Å². The Morgan fingerprint density at radius 2 is 1.07 bits per heavy atom. The van der Waals surface area contributed by atoms with E-state index < -0.39 is 22.4 Å². The second-order valence-electron chi connectivity index (χ2n) is 6.24. The van der Waals surface area contributed by atoms with E-state index in [0.717, 1.165) is 12.1 Å². The van der Waals surface area contributed by atoms with Crippen LogP contribution in [0, 0.1) is 12.8 Å². The van der Waals surface area contributed by atoms with Crippen molar-refractivity contribution in [2.24, 2.45) is 0 Å². The third kappa shape index (κ3) is 15.5. The normalized spacial score (nSPS) is 8.71. The lowest BCUT2D eigenvalue weighted by Gasteiger charge is -2.00. The number of halogens is 3. The lowest BCUT2D eigenvalue weighted by atomic mass is 10.3. The van der Waals surface area contributed by atoms with Crippen molar-refractivity contribution >= 4 is 57.3 Å². The summed E-state index contributed by atoms with van der Waals surface area (Å²) in [5.41, 5.74) is 0. The van der Waals surface area contributed by atoms with E-state index in [4.69, 9.17) is 42.5 Å². The highest BCUT2D eigenvalue weighted by Gasteiger charge is 2.14. The summed E-state index contributed by atoms with van der Waals surface area (Å²) in [4.78, 5) is 63.2. The average Bonchev–Trinajstić information content (AvgIpc) is 3.71. The van der Waals surface area contributed by atoms with Crippen molar-refractivity contribution in [1.82, 2.24) is 10.6 Å². The topological polar surface area (TPSA) is 206 Å². The van der Waals surface area contributed by atoms with Gasteiger partial charge >= 0.3 is 11.9 Å². The number of nitrogens with one attached hydrogen (secondary N) is 2. The molecule has 41 heavy (non-hydrogen) atoms. The second-order valence-corrected chi connectivity index (χ2v) is 6.93. The van der Waals surface area contributed by atoms with Gasteiger partial charge in [-0.2, -0.15) is 0 Å². The number of terminal acetylenes is 1. The van der Waals surface area contributed by atoms with Crippen LogP contribution in [0.4, 0.5) is 4.72 Å². The van der Waals surface area contributed by atoms with E-state index >= 15 is 0 Å². The molecule has 226 valence electrons. The van der Waals surface area contributed by atoms with Gasteiger partial charge < -0.3 is 34.1 Å². The van der Waals surface area contributed by atoms with E-state index in [9.17, 15) is 28.8 Å². The minimum absolute atomic E-state index is 0. The van der Waals surface area contributed by atoms with Crippen LogP contribution in [0.5, 0.6) is 0 Å². The molecular formula is C25H29Cl2FN2O11. The molecule has 0 saturated carbocycles. The molecule has 13 nitrogen and oxygen atoms in total. The van der Waals surface area contributed by atoms with Gasteiger partial charge in [0.1, 0.15) is 0 Å². The number of carboxylic acid groups (broad SMARTS) is 2. The summed E-state index contributed by atoms with van der Waals surface area (Å²) in [5.74, 6) is -3.68. The summed E-state index contributed by atoms with van der Waals surface area (Å²) in [6.07, 6.45) is 8.00. The van der Waals surface area contributed by atoms with Crippen LogP contribution >= 0.6 is 23.2 Å². The number of Topliss-reactive ketones (excluding diaryl/α,β-unsaturated/α-hetero) is 1. The average molecular weight is 624 g/mol. The molecular weight excluding hydrogens is 594 g/mol. The Morgan fingerprint density at radius 1 is 0.756 bits per heavy atom. The molecule has 4 N–H and O–H groups in total. The summed E-state index contributed by atoms with van der Waals surface area (Å²) in [5, 5.41) is 20.4. The summed E-state index contributed by atoms with van der Waals surface area (Å²) in [6.45, 7) is 1.74. The number of rotatable bonds is 8. The molecule has 0 atom stereocenters. The molecule has 16 heteroatoms. The predicted molar refractivity (Wildman–Crippen MR) is 148 cm³/mol. The van der Waals surface area contributed by atoms with Gasteiger partial charge in [-0.1, -0.05) is 14.9 Å². The van der Waals surface area contributed by atoms with Gasteiger partial charge in [0.25, 0.3) is 17.8 Å². The molecule has 0 aliphatic rings. The Balaban J connectivity index is -0.000000239. The fourth-order valence-electron chi connectivity index (χ4n) is 2.02. The second kappa shape index (κ2) is 22.1. The molecule has 3 aromatic heterocycles. The van der Waals surface area contributed by atoms with Crippen molar-refractivity contribution in [3.63, 3.8) is 0 Å². The molecule has 3 rings (SSSR count). The number of carbonyl (C=O) groups excluding carboxylic acids is 4. The molecule has 0 saturated heterocycles. The molecule has 0 spiro atoms. The molecule has 1 amide bonds. The van der Waals surface area contributed by atoms with Crippen molar-refractivity contribution in [1.29, 1.82) is 1.45 Å². The Kier molecular flexibility index (Phi) is 22.0. The van der Waals surface area contributed by atoms with Gasteiger partial charge in [0.05, 0.1) is 6.67 Å². The first kappa shape index (κ1) is 40.8. The summed E-state index contributed by atoms with van der Waals surface area (Å²) in [7, 11) is 1.71. The van der Waals surface area contributed by atoms with Crippen LogP contribution in [-0.2, 0) is 0 Å². The zero-order valence-electron chi connectivity index (χ0n) is 21.0.